The van der Waals surface area contributed by atoms with Gasteiger partial charge in [-0.25, -0.2) is 0 Å². The third kappa shape index (κ3) is 3.15. The minimum atomic E-state index is -0.718. The van der Waals surface area contributed by atoms with Crippen molar-refractivity contribution in [1.29, 1.82) is 0 Å². The first-order valence-corrected chi connectivity index (χ1v) is 9.00. The summed E-state index contributed by atoms with van der Waals surface area (Å²) in [4.78, 5) is 30.1. The Bertz CT molecular complexity index is 1030. The van der Waals surface area contributed by atoms with Crippen molar-refractivity contribution in [2.45, 2.75) is 12.5 Å². The number of H-pyrrole nitrogens is 1. The highest BCUT2D eigenvalue weighted by Gasteiger charge is 2.38. The normalized spacial score (nSPS) is 14.5. The topological polar surface area (TPSA) is 83.7 Å². The summed E-state index contributed by atoms with van der Waals surface area (Å²) in [6.07, 6.45) is 2.24. The van der Waals surface area contributed by atoms with Crippen molar-refractivity contribution >= 4 is 28.4 Å². The van der Waals surface area contributed by atoms with Gasteiger partial charge in [0.25, 0.3) is 5.91 Å². The van der Waals surface area contributed by atoms with Crippen molar-refractivity contribution in [3.05, 3.63) is 54.2 Å². The van der Waals surface area contributed by atoms with E-state index in [1.54, 1.807) is 49.6 Å². The molecule has 0 spiro atoms. The molecule has 1 aromatic heterocycles. The highest BCUT2D eigenvalue weighted by Crippen LogP contribution is 2.34. The second kappa shape index (κ2) is 7.26. The number of nitrogens with zero attached hydrogens (tertiary/aromatic N) is 1. The van der Waals surface area contributed by atoms with Crippen molar-refractivity contribution in [3.8, 4) is 11.5 Å². The van der Waals surface area contributed by atoms with Gasteiger partial charge >= 0.3 is 0 Å². The number of likely N-dealkylation sites (tertiary alicyclic amines) is 1. The summed E-state index contributed by atoms with van der Waals surface area (Å²) in [6, 6.07) is 12.0. The molecule has 2 amide bonds. The van der Waals surface area contributed by atoms with Crippen LogP contribution in [0.5, 0.6) is 11.5 Å². The molecule has 28 heavy (non-hydrogen) atoms. The number of carbonyl (C=O) groups is 2. The number of fused-ring (bicyclic) bond motifs is 1. The minimum Gasteiger partial charge on any atom is -0.497 e. The van der Waals surface area contributed by atoms with Crippen LogP contribution >= 0.6 is 0 Å². The van der Waals surface area contributed by atoms with Gasteiger partial charge in [-0.2, -0.15) is 0 Å². The van der Waals surface area contributed by atoms with Gasteiger partial charge in [0.05, 0.1) is 14.2 Å². The van der Waals surface area contributed by atoms with Crippen LogP contribution in [0, 0.1) is 0 Å². The van der Waals surface area contributed by atoms with Crippen molar-refractivity contribution in [1.82, 2.24) is 9.88 Å². The maximum atomic E-state index is 13.2. The molecule has 7 nitrogen and oxygen atoms in total. The molecule has 1 fully saturated rings. The fourth-order valence-corrected chi connectivity index (χ4v) is 3.42. The van der Waals surface area contributed by atoms with Crippen LogP contribution in [0.2, 0.25) is 0 Å². The van der Waals surface area contributed by atoms with Crippen molar-refractivity contribution in [3.63, 3.8) is 0 Å². The Balaban J connectivity index is 1.69. The predicted octanol–water partition coefficient (Wildman–Crippen LogP) is 3.10. The monoisotopic (exact) mass is 379 g/mol. The first-order valence-electron chi connectivity index (χ1n) is 9.00. The lowest BCUT2D eigenvalue weighted by atomic mass is 9.99. The molecule has 4 rings (SSSR count). The summed E-state index contributed by atoms with van der Waals surface area (Å²) in [5, 5.41) is 3.77. The maximum absolute atomic E-state index is 13.2. The molecule has 2 heterocycles. The Morgan fingerprint density at radius 1 is 1.11 bits per heavy atom. The van der Waals surface area contributed by atoms with E-state index in [9.17, 15) is 9.59 Å². The average molecular weight is 379 g/mol. The van der Waals surface area contributed by atoms with E-state index in [0.29, 0.717) is 30.2 Å². The molecule has 2 N–H and O–H groups in total. The summed E-state index contributed by atoms with van der Waals surface area (Å²) in [7, 11) is 3.19. The van der Waals surface area contributed by atoms with Crippen LogP contribution in [0.1, 0.15) is 18.0 Å². The summed E-state index contributed by atoms with van der Waals surface area (Å²) in [6.45, 7) is 0.552. The summed E-state index contributed by atoms with van der Waals surface area (Å²) >= 11 is 0. The smallest absolute Gasteiger partial charge is 0.251 e. The number of β-lactam (4-membered cyclic amide) rings is 1. The standard InChI is InChI=1S/C21H21N3O4/c1-27-14-5-3-13(4-6-14)23-21(26)20(24-10-9-19(24)25)17-12-22-18-8-7-15(28-2)11-16(17)18/h3-8,11-12,20,22H,9-10H2,1-2H3,(H,23,26)/t20-/m1/s1. The van der Waals surface area contributed by atoms with Gasteiger partial charge in [-0.1, -0.05) is 0 Å². The number of hydrogen-bond donors (Lipinski definition) is 2. The van der Waals surface area contributed by atoms with E-state index in [2.05, 4.69) is 10.3 Å². The Hall–Kier alpha value is -3.48. The number of methoxy groups -OCH3 is 2. The second-order valence-corrected chi connectivity index (χ2v) is 6.61. The lowest BCUT2D eigenvalue weighted by Crippen LogP contribution is -2.49. The Labute approximate surface area is 162 Å². The molecule has 0 radical (unpaired) electrons. The molecule has 7 heteroatoms. The number of carbonyl (C=O) groups excluding carboxylic acids is 2. The summed E-state index contributed by atoms with van der Waals surface area (Å²) < 4.78 is 10.5. The number of aromatic nitrogens is 1. The quantitative estimate of drug-likeness (QED) is 0.645. The van der Waals surface area contributed by atoms with Crippen molar-refractivity contribution in [2.75, 3.05) is 26.1 Å². The molecule has 1 saturated heterocycles. The third-order valence-corrected chi connectivity index (χ3v) is 5.02. The summed E-state index contributed by atoms with van der Waals surface area (Å²) in [5.74, 6) is 1.10. The molecule has 3 aromatic rings. The number of benzene rings is 2. The Kier molecular flexibility index (Phi) is 4.65. The zero-order valence-corrected chi connectivity index (χ0v) is 15.7. The second-order valence-electron chi connectivity index (χ2n) is 6.61. The molecule has 0 bridgehead atoms. The number of hydrogen-bond acceptors (Lipinski definition) is 4. The molecule has 0 saturated carbocycles. The van der Waals surface area contributed by atoms with Crippen molar-refractivity contribution < 1.29 is 19.1 Å². The summed E-state index contributed by atoms with van der Waals surface area (Å²) in [5.41, 5.74) is 2.26. The van der Waals surface area contributed by atoms with Gasteiger partial charge in [-0.05, 0) is 42.5 Å². The van der Waals surface area contributed by atoms with E-state index >= 15 is 0 Å². The fraction of sp³-hybridized carbons (Fsp3) is 0.238. The zero-order valence-electron chi connectivity index (χ0n) is 15.7. The van der Waals surface area contributed by atoms with Crippen LogP contribution in [0.25, 0.3) is 10.9 Å². The lowest BCUT2D eigenvalue weighted by molar-refractivity contribution is -0.147. The molecule has 1 atom stereocenters. The zero-order chi connectivity index (χ0) is 19.7. The van der Waals surface area contributed by atoms with Gasteiger partial charge in [0.2, 0.25) is 5.91 Å². The van der Waals surface area contributed by atoms with E-state index < -0.39 is 6.04 Å². The largest absolute Gasteiger partial charge is 0.497 e. The molecular weight excluding hydrogens is 358 g/mol. The molecule has 144 valence electrons. The first-order chi connectivity index (χ1) is 13.6. The van der Waals surface area contributed by atoms with Gasteiger partial charge in [-0.15, -0.1) is 0 Å². The van der Waals surface area contributed by atoms with Gasteiger partial charge < -0.3 is 24.7 Å². The number of anilines is 1. The predicted molar refractivity (Wildman–Crippen MR) is 106 cm³/mol. The van der Waals surface area contributed by atoms with Gasteiger partial charge in [0, 0.05) is 41.3 Å². The minimum absolute atomic E-state index is 0.0351. The van der Waals surface area contributed by atoms with Crippen LogP contribution < -0.4 is 14.8 Å². The molecule has 1 aliphatic heterocycles. The first kappa shape index (κ1) is 17.9. The van der Waals surface area contributed by atoms with Crippen LogP contribution in [0.4, 0.5) is 5.69 Å². The SMILES string of the molecule is COc1ccc(NC(=O)[C@@H](c2c[nH]c3ccc(OC)cc23)N2CCC2=O)cc1. The van der Waals surface area contributed by atoms with E-state index in [1.165, 1.54) is 0 Å². The van der Waals surface area contributed by atoms with Gasteiger partial charge in [-0.3, -0.25) is 9.59 Å². The van der Waals surface area contributed by atoms with Crippen LogP contribution in [0.15, 0.2) is 48.7 Å². The van der Waals surface area contributed by atoms with Gasteiger partial charge in [0.1, 0.15) is 17.5 Å². The number of nitrogens with one attached hydrogen (secondary N) is 2. The molecule has 0 unspecified atom stereocenters. The van der Waals surface area contributed by atoms with Crippen LogP contribution in [-0.2, 0) is 9.59 Å². The van der Waals surface area contributed by atoms with E-state index in [1.807, 2.05) is 18.2 Å². The number of amides is 2. The lowest BCUT2D eigenvalue weighted by Gasteiger charge is -2.37. The highest BCUT2D eigenvalue weighted by atomic mass is 16.5. The Morgan fingerprint density at radius 3 is 2.43 bits per heavy atom. The highest BCUT2D eigenvalue weighted by molar-refractivity contribution is 6.02. The molecule has 0 aliphatic carbocycles. The van der Waals surface area contributed by atoms with E-state index in [4.69, 9.17) is 9.47 Å². The maximum Gasteiger partial charge on any atom is 0.251 e. The number of rotatable bonds is 6. The Morgan fingerprint density at radius 2 is 1.82 bits per heavy atom. The van der Waals surface area contributed by atoms with Crippen LogP contribution in [-0.4, -0.2) is 42.5 Å². The van der Waals surface area contributed by atoms with E-state index in [-0.39, 0.29) is 11.8 Å². The third-order valence-electron chi connectivity index (χ3n) is 5.02. The average Bonchev–Trinajstić information content (AvgIpc) is 3.13. The van der Waals surface area contributed by atoms with E-state index in [0.717, 1.165) is 16.5 Å². The molecular formula is C21H21N3O4. The molecule has 1 aliphatic rings. The molecule has 2 aromatic carbocycles. The number of aromatic amines is 1. The van der Waals surface area contributed by atoms with Crippen molar-refractivity contribution in [2.24, 2.45) is 0 Å². The number of ether oxygens (including phenoxy) is 2. The van der Waals surface area contributed by atoms with Gasteiger partial charge in [0.15, 0.2) is 0 Å². The fourth-order valence-electron chi connectivity index (χ4n) is 3.42. The van der Waals surface area contributed by atoms with Crippen LogP contribution in [0.3, 0.4) is 0 Å².